The number of alkyl halides is 1. The van der Waals surface area contributed by atoms with Gasteiger partial charge in [-0.05, 0) is 48.7 Å². The van der Waals surface area contributed by atoms with Crippen LogP contribution in [0, 0.1) is 19.7 Å². The zero-order valence-electron chi connectivity index (χ0n) is 10.3. The van der Waals surface area contributed by atoms with E-state index in [-0.39, 0.29) is 11.6 Å². The molecule has 0 N–H and O–H groups in total. The van der Waals surface area contributed by atoms with E-state index in [4.69, 9.17) is 4.74 Å². The van der Waals surface area contributed by atoms with E-state index in [0.717, 1.165) is 16.7 Å². The van der Waals surface area contributed by atoms with Crippen molar-refractivity contribution in [1.29, 1.82) is 0 Å². The topological polar surface area (TPSA) is 9.23 Å². The second-order valence-corrected chi connectivity index (χ2v) is 4.83. The highest BCUT2D eigenvalue weighted by molar-refractivity contribution is 9.08. The van der Waals surface area contributed by atoms with Gasteiger partial charge in [0, 0.05) is 5.33 Å². The quantitative estimate of drug-likeness (QED) is 0.714. The van der Waals surface area contributed by atoms with Crippen molar-refractivity contribution >= 4 is 15.9 Å². The van der Waals surface area contributed by atoms with E-state index in [0.29, 0.717) is 11.1 Å². The Kier molecular flexibility index (Phi) is 4.02. The molecule has 0 amide bonds. The highest BCUT2D eigenvalue weighted by atomic mass is 79.9. The maximum Gasteiger partial charge on any atom is 0.166 e. The average Bonchev–Trinajstić information content (AvgIpc) is 2.36. The number of rotatable bonds is 3. The van der Waals surface area contributed by atoms with Crippen molar-refractivity contribution in [1.82, 2.24) is 0 Å². The Balaban J connectivity index is 2.31. The van der Waals surface area contributed by atoms with E-state index >= 15 is 0 Å². The molecule has 0 fully saturated rings. The lowest BCUT2D eigenvalue weighted by atomic mass is 10.1. The Hall–Kier alpha value is -1.35. The second kappa shape index (κ2) is 5.53. The minimum Gasteiger partial charge on any atom is -0.454 e. The summed E-state index contributed by atoms with van der Waals surface area (Å²) >= 11 is 3.30. The van der Waals surface area contributed by atoms with Crippen molar-refractivity contribution in [3.63, 3.8) is 0 Å². The van der Waals surface area contributed by atoms with Crippen LogP contribution >= 0.6 is 15.9 Å². The number of hydrogen-bond acceptors (Lipinski definition) is 1. The molecule has 2 aromatic carbocycles. The molecule has 3 heteroatoms. The van der Waals surface area contributed by atoms with Crippen LogP contribution in [0.5, 0.6) is 11.5 Å². The third kappa shape index (κ3) is 2.91. The van der Waals surface area contributed by atoms with Gasteiger partial charge in [0.05, 0.1) is 0 Å². The first-order chi connectivity index (χ1) is 8.60. The van der Waals surface area contributed by atoms with Crippen LogP contribution in [-0.4, -0.2) is 0 Å². The molecule has 0 saturated carbocycles. The van der Waals surface area contributed by atoms with E-state index in [9.17, 15) is 4.39 Å². The predicted molar refractivity (Wildman–Crippen MR) is 75.0 cm³/mol. The average molecular weight is 309 g/mol. The molecular weight excluding hydrogens is 295 g/mol. The van der Waals surface area contributed by atoms with Crippen LogP contribution in [0.4, 0.5) is 4.39 Å². The Labute approximate surface area is 115 Å². The van der Waals surface area contributed by atoms with Gasteiger partial charge in [-0.25, -0.2) is 4.39 Å². The number of benzene rings is 2. The summed E-state index contributed by atoms with van der Waals surface area (Å²) in [4.78, 5) is 0. The summed E-state index contributed by atoms with van der Waals surface area (Å²) < 4.78 is 19.4. The first-order valence-corrected chi connectivity index (χ1v) is 6.82. The van der Waals surface area contributed by atoms with Crippen molar-refractivity contribution in [2.75, 3.05) is 0 Å². The monoisotopic (exact) mass is 308 g/mol. The van der Waals surface area contributed by atoms with Crippen LogP contribution in [0.3, 0.4) is 0 Å². The molecule has 0 aliphatic rings. The molecule has 0 aliphatic carbocycles. The molecule has 0 atom stereocenters. The van der Waals surface area contributed by atoms with E-state index in [1.807, 2.05) is 38.1 Å². The third-order valence-corrected chi connectivity index (χ3v) is 3.36. The maximum absolute atomic E-state index is 13.8. The molecule has 0 radical (unpaired) electrons. The highest BCUT2D eigenvalue weighted by Gasteiger charge is 2.07. The molecule has 18 heavy (non-hydrogen) atoms. The summed E-state index contributed by atoms with van der Waals surface area (Å²) in [6, 6.07) is 10.9. The summed E-state index contributed by atoms with van der Waals surface area (Å²) in [6.07, 6.45) is 0. The Bertz CT molecular complexity index is 566. The van der Waals surface area contributed by atoms with Gasteiger partial charge in [0.1, 0.15) is 5.75 Å². The van der Waals surface area contributed by atoms with Crippen molar-refractivity contribution in [2.45, 2.75) is 19.2 Å². The van der Waals surface area contributed by atoms with Gasteiger partial charge in [-0.3, -0.25) is 0 Å². The lowest BCUT2D eigenvalue weighted by Crippen LogP contribution is -1.92. The van der Waals surface area contributed by atoms with Gasteiger partial charge in [0.2, 0.25) is 0 Å². The van der Waals surface area contributed by atoms with Gasteiger partial charge in [-0.2, -0.15) is 0 Å². The fraction of sp³-hybridized carbons (Fsp3) is 0.200. The zero-order chi connectivity index (χ0) is 13.1. The van der Waals surface area contributed by atoms with Gasteiger partial charge in [0.25, 0.3) is 0 Å². The molecule has 0 aliphatic heterocycles. The van der Waals surface area contributed by atoms with Crippen molar-refractivity contribution in [2.24, 2.45) is 0 Å². The minimum absolute atomic E-state index is 0.258. The number of hydrogen-bond donors (Lipinski definition) is 0. The van der Waals surface area contributed by atoms with Crippen LogP contribution < -0.4 is 4.74 Å². The summed E-state index contributed by atoms with van der Waals surface area (Å²) in [6.45, 7) is 3.93. The minimum atomic E-state index is -0.340. The van der Waals surface area contributed by atoms with Gasteiger partial charge in [-0.15, -0.1) is 0 Å². The van der Waals surface area contributed by atoms with Gasteiger partial charge in [0.15, 0.2) is 11.6 Å². The normalized spacial score (nSPS) is 10.4. The van der Waals surface area contributed by atoms with Gasteiger partial charge >= 0.3 is 0 Å². The molecule has 94 valence electrons. The molecule has 0 unspecified atom stereocenters. The number of aryl methyl sites for hydroxylation is 2. The van der Waals surface area contributed by atoms with Gasteiger partial charge in [-0.1, -0.05) is 34.1 Å². The van der Waals surface area contributed by atoms with E-state index < -0.39 is 0 Å². The second-order valence-electron chi connectivity index (χ2n) is 4.27. The van der Waals surface area contributed by atoms with E-state index in [2.05, 4.69) is 15.9 Å². The Morgan fingerprint density at radius 3 is 2.50 bits per heavy atom. The molecule has 0 aromatic heterocycles. The van der Waals surface area contributed by atoms with Gasteiger partial charge < -0.3 is 4.74 Å². The van der Waals surface area contributed by atoms with Crippen LogP contribution in [0.1, 0.15) is 16.7 Å². The molecule has 2 aromatic rings. The lowest BCUT2D eigenvalue weighted by Gasteiger charge is -2.10. The number of halogens is 2. The highest BCUT2D eigenvalue weighted by Crippen LogP contribution is 2.28. The van der Waals surface area contributed by atoms with Crippen LogP contribution in [0.15, 0.2) is 36.4 Å². The molecular formula is C15H14BrFO. The summed E-state index contributed by atoms with van der Waals surface area (Å²) in [7, 11) is 0. The SMILES string of the molecule is Cc1ccc(C)c(Oc2ccc(CBr)cc2F)c1. The van der Waals surface area contributed by atoms with E-state index in [1.54, 1.807) is 6.07 Å². The standard InChI is InChI=1S/C15H14BrFO/c1-10-3-4-11(2)15(7-10)18-14-6-5-12(9-16)8-13(14)17/h3-8H,9H2,1-2H3. The third-order valence-electron chi connectivity index (χ3n) is 2.71. The first-order valence-electron chi connectivity index (χ1n) is 5.69. The largest absolute Gasteiger partial charge is 0.454 e. The van der Waals surface area contributed by atoms with Crippen molar-refractivity contribution in [3.05, 3.63) is 58.9 Å². The molecule has 1 nitrogen and oxygen atoms in total. The fourth-order valence-corrected chi connectivity index (χ4v) is 1.99. The molecule has 0 spiro atoms. The summed E-state index contributed by atoms with van der Waals surface area (Å²) in [5.74, 6) is 0.613. The molecule has 2 rings (SSSR count). The van der Waals surface area contributed by atoms with Crippen molar-refractivity contribution in [3.8, 4) is 11.5 Å². The van der Waals surface area contributed by atoms with Crippen LogP contribution in [0.25, 0.3) is 0 Å². The van der Waals surface area contributed by atoms with E-state index in [1.165, 1.54) is 6.07 Å². The smallest absolute Gasteiger partial charge is 0.166 e. The summed E-state index contributed by atoms with van der Waals surface area (Å²) in [5.41, 5.74) is 2.97. The van der Waals surface area contributed by atoms with Crippen LogP contribution in [-0.2, 0) is 5.33 Å². The number of ether oxygens (including phenoxy) is 1. The molecule has 0 bridgehead atoms. The fourth-order valence-electron chi connectivity index (χ4n) is 1.65. The Morgan fingerprint density at radius 1 is 1.06 bits per heavy atom. The predicted octanol–water partition coefficient (Wildman–Crippen LogP) is 5.13. The van der Waals surface area contributed by atoms with Crippen LogP contribution in [0.2, 0.25) is 0 Å². The summed E-state index contributed by atoms with van der Waals surface area (Å²) in [5, 5.41) is 0.633. The van der Waals surface area contributed by atoms with Crippen molar-refractivity contribution < 1.29 is 9.13 Å². The molecule has 0 saturated heterocycles. The molecule has 0 heterocycles. The Morgan fingerprint density at radius 2 is 1.83 bits per heavy atom. The maximum atomic E-state index is 13.8. The first kappa shape index (κ1) is 13.1. The lowest BCUT2D eigenvalue weighted by molar-refractivity contribution is 0.439. The zero-order valence-corrected chi connectivity index (χ0v) is 11.9.